The monoisotopic (exact) mass is 473 g/mol. The average Bonchev–Trinajstić information content (AvgIpc) is 3.17. The first-order valence-corrected chi connectivity index (χ1v) is 12.5. The predicted octanol–water partition coefficient (Wildman–Crippen LogP) is 4.71. The molecule has 2 amide bonds. The molecule has 1 aromatic heterocycles. The predicted molar refractivity (Wildman–Crippen MR) is 136 cm³/mol. The first-order valence-electron chi connectivity index (χ1n) is 11.7. The second-order valence-corrected chi connectivity index (χ2v) is 9.80. The molecule has 7 nitrogen and oxygen atoms in total. The lowest BCUT2D eigenvalue weighted by molar-refractivity contribution is -0.115. The number of imide groups is 1. The molecule has 174 valence electrons. The number of nitrogens with zero attached hydrogens (tertiary/aromatic N) is 2. The number of hydrogen-bond acceptors (Lipinski definition) is 7. The van der Waals surface area contributed by atoms with Gasteiger partial charge in [-0.3, -0.25) is 14.9 Å². The standard InChI is InChI=1S/C26H27N5O2S/c32-24-23(34-26(33)31-24)14-21-12-13-28-25(30-21)29-20-10-8-17(9-11-20)15-27-16-19-6-3-5-18-4-1-2-7-22(18)19/h1-7,12-14,17,20,27H,8-11,15-16H2,(H,28,29,30)(H,31,32,33)/b23-14-. The maximum atomic E-state index is 11.7. The van der Waals surface area contributed by atoms with E-state index in [0.29, 0.717) is 28.5 Å². The fourth-order valence-corrected chi connectivity index (χ4v) is 5.30. The molecule has 0 radical (unpaired) electrons. The number of fused-ring (bicyclic) bond motifs is 1. The SMILES string of the molecule is O=C1NC(=O)/C(=C/c2ccnc(NC3CCC(CNCc4cccc5ccccc45)CC3)n2)S1. The third kappa shape index (κ3) is 5.46. The molecule has 1 aliphatic carbocycles. The third-order valence-electron chi connectivity index (χ3n) is 6.41. The fourth-order valence-electron chi connectivity index (χ4n) is 4.63. The van der Waals surface area contributed by atoms with E-state index in [0.717, 1.165) is 50.5 Å². The largest absolute Gasteiger partial charge is 0.351 e. The Bertz CT molecular complexity index is 1230. The molecule has 1 aliphatic heterocycles. The first-order chi connectivity index (χ1) is 16.6. The number of nitrogens with one attached hydrogen (secondary N) is 3. The van der Waals surface area contributed by atoms with Crippen molar-refractivity contribution in [2.45, 2.75) is 38.3 Å². The van der Waals surface area contributed by atoms with Crippen molar-refractivity contribution in [3.05, 3.63) is 70.9 Å². The van der Waals surface area contributed by atoms with Crippen molar-refractivity contribution in [3.8, 4) is 0 Å². The van der Waals surface area contributed by atoms with E-state index in [1.54, 1.807) is 18.3 Å². The van der Waals surface area contributed by atoms with Gasteiger partial charge in [0.05, 0.1) is 10.6 Å². The van der Waals surface area contributed by atoms with Gasteiger partial charge >= 0.3 is 0 Å². The summed E-state index contributed by atoms with van der Waals surface area (Å²) in [5.74, 6) is 0.845. The molecule has 1 saturated heterocycles. The molecule has 34 heavy (non-hydrogen) atoms. The van der Waals surface area contributed by atoms with Crippen LogP contribution in [0, 0.1) is 5.92 Å². The number of rotatable bonds is 7. The number of carbonyl (C=O) groups is 2. The van der Waals surface area contributed by atoms with Crippen LogP contribution < -0.4 is 16.0 Å². The summed E-state index contributed by atoms with van der Waals surface area (Å²) in [6, 6.07) is 17.1. The highest BCUT2D eigenvalue weighted by Gasteiger charge is 2.25. The van der Waals surface area contributed by atoms with Gasteiger partial charge in [-0.2, -0.15) is 0 Å². The van der Waals surface area contributed by atoms with E-state index in [1.165, 1.54) is 16.3 Å². The van der Waals surface area contributed by atoms with E-state index in [-0.39, 0.29) is 11.1 Å². The Balaban J connectivity index is 1.10. The Morgan fingerprint density at radius 1 is 1.03 bits per heavy atom. The van der Waals surface area contributed by atoms with Crippen LogP contribution in [-0.4, -0.2) is 33.7 Å². The molecular weight excluding hydrogens is 446 g/mol. The molecule has 1 saturated carbocycles. The molecule has 2 aromatic carbocycles. The maximum Gasteiger partial charge on any atom is 0.290 e. The summed E-state index contributed by atoms with van der Waals surface area (Å²) in [6.45, 7) is 1.91. The Hall–Kier alpha value is -3.23. The van der Waals surface area contributed by atoms with Gasteiger partial charge in [0.25, 0.3) is 11.1 Å². The lowest BCUT2D eigenvalue weighted by Crippen LogP contribution is -2.31. The first kappa shape index (κ1) is 22.6. The zero-order valence-electron chi connectivity index (χ0n) is 18.8. The van der Waals surface area contributed by atoms with Crippen LogP contribution >= 0.6 is 11.8 Å². The minimum Gasteiger partial charge on any atom is -0.351 e. The molecule has 5 rings (SSSR count). The molecule has 0 bridgehead atoms. The topological polar surface area (TPSA) is 96.0 Å². The second-order valence-electron chi connectivity index (χ2n) is 8.79. The van der Waals surface area contributed by atoms with Gasteiger partial charge in [-0.15, -0.1) is 0 Å². The van der Waals surface area contributed by atoms with Crippen molar-refractivity contribution in [2.75, 3.05) is 11.9 Å². The highest BCUT2D eigenvalue weighted by molar-refractivity contribution is 8.18. The van der Waals surface area contributed by atoms with Gasteiger partial charge in [-0.1, -0.05) is 42.5 Å². The zero-order valence-corrected chi connectivity index (χ0v) is 19.6. The number of carbonyl (C=O) groups excluding carboxylic acids is 2. The molecule has 0 atom stereocenters. The summed E-state index contributed by atoms with van der Waals surface area (Å²) in [5.41, 5.74) is 1.95. The van der Waals surface area contributed by atoms with Crippen molar-refractivity contribution in [1.29, 1.82) is 0 Å². The number of anilines is 1. The summed E-state index contributed by atoms with van der Waals surface area (Å²) in [6.07, 6.45) is 7.75. The molecule has 3 aromatic rings. The number of thioether (sulfide) groups is 1. The van der Waals surface area contributed by atoms with Gasteiger partial charge in [-0.05, 0) is 78.4 Å². The van der Waals surface area contributed by atoms with Crippen molar-refractivity contribution in [1.82, 2.24) is 20.6 Å². The number of hydrogen-bond donors (Lipinski definition) is 3. The Kier molecular flexibility index (Phi) is 6.87. The number of aromatic nitrogens is 2. The van der Waals surface area contributed by atoms with Crippen LogP contribution in [-0.2, 0) is 11.3 Å². The normalized spacial score (nSPS) is 21.7. The van der Waals surface area contributed by atoms with E-state index in [1.807, 2.05) is 0 Å². The van der Waals surface area contributed by atoms with Crippen LogP contribution in [0.3, 0.4) is 0 Å². The highest BCUT2D eigenvalue weighted by atomic mass is 32.2. The van der Waals surface area contributed by atoms with Crippen LogP contribution in [0.25, 0.3) is 16.8 Å². The molecule has 2 aliphatic rings. The number of benzene rings is 2. The second kappa shape index (κ2) is 10.4. The molecule has 3 N–H and O–H groups in total. The summed E-state index contributed by atoms with van der Waals surface area (Å²) in [5, 5.41) is 11.6. The van der Waals surface area contributed by atoms with E-state index < -0.39 is 0 Å². The van der Waals surface area contributed by atoms with Crippen molar-refractivity contribution in [3.63, 3.8) is 0 Å². The Labute approximate surface area is 202 Å². The van der Waals surface area contributed by atoms with Crippen LogP contribution in [0.2, 0.25) is 0 Å². The van der Waals surface area contributed by atoms with Crippen LogP contribution in [0.4, 0.5) is 10.7 Å². The highest BCUT2D eigenvalue weighted by Crippen LogP contribution is 2.27. The Morgan fingerprint density at radius 2 is 1.85 bits per heavy atom. The van der Waals surface area contributed by atoms with Gasteiger partial charge in [0.15, 0.2) is 0 Å². The summed E-state index contributed by atoms with van der Waals surface area (Å²) in [4.78, 5) is 32.3. The lowest BCUT2D eigenvalue weighted by Gasteiger charge is -2.29. The number of amides is 2. The molecule has 0 unspecified atom stereocenters. The molecule has 2 fully saturated rings. The Morgan fingerprint density at radius 3 is 2.68 bits per heavy atom. The van der Waals surface area contributed by atoms with Gasteiger partial charge in [-0.25, -0.2) is 9.97 Å². The molecule has 8 heteroatoms. The summed E-state index contributed by atoms with van der Waals surface area (Å²) in [7, 11) is 0. The smallest absolute Gasteiger partial charge is 0.290 e. The van der Waals surface area contributed by atoms with E-state index >= 15 is 0 Å². The van der Waals surface area contributed by atoms with Gasteiger partial charge in [0.1, 0.15) is 0 Å². The van der Waals surface area contributed by atoms with Gasteiger partial charge < -0.3 is 10.6 Å². The van der Waals surface area contributed by atoms with E-state index in [4.69, 9.17) is 0 Å². The van der Waals surface area contributed by atoms with Crippen molar-refractivity contribution < 1.29 is 9.59 Å². The maximum absolute atomic E-state index is 11.7. The minimum atomic E-state index is -0.379. The quantitative estimate of drug-likeness (QED) is 0.428. The summed E-state index contributed by atoms with van der Waals surface area (Å²) >= 11 is 0.890. The third-order valence-corrected chi connectivity index (χ3v) is 7.22. The zero-order chi connectivity index (χ0) is 23.3. The van der Waals surface area contributed by atoms with Gasteiger partial charge in [0, 0.05) is 18.8 Å². The summed E-state index contributed by atoms with van der Waals surface area (Å²) < 4.78 is 0. The molecule has 2 heterocycles. The minimum absolute atomic E-state index is 0.336. The van der Waals surface area contributed by atoms with Crippen molar-refractivity contribution >= 4 is 45.7 Å². The van der Waals surface area contributed by atoms with Crippen molar-refractivity contribution in [2.24, 2.45) is 5.92 Å². The van der Waals surface area contributed by atoms with Crippen LogP contribution in [0.1, 0.15) is 36.9 Å². The van der Waals surface area contributed by atoms with E-state index in [9.17, 15) is 9.59 Å². The molecular formula is C26H27N5O2S. The van der Waals surface area contributed by atoms with E-state index in [2.05, 4.69) is 68.4 Å². The lowest BCUT2D eigenvalue weighted by atomic mass is 9.86. The molecule has 0 spiro atoms. The average molecular weight is 474 g/mol. The van der Waals surface area contributed by atoms with Crippen LogP contribution in [0.15, 0.2) is 59.6 Å². The van der Waals surface area contributed by atoms with Gasteiger partial charge in [0.2, 0.25) is 5.95 Å². The van der Waals surface area contributed by atoms with Crippen LogP contribution in [0.5, 0.6) is 0 Å². The fraction of sp³-hybridized carbons (Fsp3) is 0.308.